The zero-order chi connectivity index (χ0) is 13.8. The van der Waals surface area contributed by atoms with E-state index < -0.39 is 10.8 Å². The Balaban J connectivity index is 2.27. The first-order valence-electron chi connectivity index (χ1n) is 6.65. The van der Waals surface area contributed by atoms with E-state index in [1.165, 1.54) is 16.3 Å². The maximum absolute atomic E-state index is 12.0. The molecule has 0 saturated carbocycles. The number of fused-ring (bicyclic) bond motifs is 1. The minimum atomic E-state index is -0.798. The van der Waals surface area contributed by atoms with Gasteiger partial charge in [0.2, 0.25) is 0 Å². The van der Waals surface area contributed by atoms with Crippen LogP contribution in [0.25, 0.3) is 10.8 Å². The Labute approximate surface area is 117 Å². The molecule has 2 aromatic carbocycles. The van der Waals surface area contributed by atoms with Crippen molar-refractivity contribution in [1.82, 2.24) is 5.32 Å². The van der Waals surface area contributed by atoms with Crippen LogP contribution in [0.3, 0.4) is 0 Å². The van der Waals surface area contributed by atoms with Gasteiger partial charge in [-0.1, -0.05) is 50.2 Å². The van der Waals surface area contributed by atoms with Gasteiger partial charge in [-0.05, 0) is 29.4 Å². The molecule has 3 heteroatoms. The number of nitrogens with one attached hydrogen (secondary N) is 1. The molecular weight excluding hydrogens is 254 g/mol. The smallest absolute Gasteiger partial charge is 0.0434 e. The van der Waals surface area contributed by atoms with Gasteiger partial charge in [-0.3, -0.25) is 4.21 Å². The third-order valence-corrected chi connectivity index (χ3v) is 5.09. The second-order valence-corrected chi connectivity index (χ2v) is 7.08. The molecule has 0 saturated heterocycles. The lowest BCUT2D eigenvalue weighted by Gasteiger charge is -2.18. The molecule has 2 atom stereocenters. The van der Waals surface area contributed by atoms with Crippen molar-refractivity contribution >= 4 is 21.6 Å². The van der Waals surface area contributed by atoms with Crippen molar-refractivity contribution in [2.24, 2.45) is 0 Å². The highest BCUT2D eigenvalue weighted by Crippen LogP contribution is 2.21. The van der Waals surface area contributed by atoms with Gasteiger partial charge in [0.05, 0.1) is 0 Å². The third-order valence-electron chi connectivity index (χ3n) is 3.38. The maximum atomic E-state index is 12.0. The van der Waals surface area contributed by atoms with Gasteiger partial charge in [-0.2, -0.15) is 0 Å². The summed E-state index contributed by atoms with van der Waals surface area (Å²) < 4.78 is 12.0. The Morgan fingerprint density at radius 3 is 2.42 bits per heavy atom. The summed E-state index contributed by atoms with van der Waals surface area (Å²) in [6, 6.07) is 14.9. The van der Waals surface area contributed by atoms with Crippen LogP contribution >= 0.6 is 0 Å². The highest BCUT2D eigenvalue weighted by Gasteiger charge is 2.15. The van der Waals surface area contributed by atoms with E-state index in [4.69, 9.17) is 0 Å². The fourth-order valence-corrected chi connectivity index (χ4v) is 3.20. The van der Waals surface area contributed by atoms with E-state index in [1.807, 2.05) is 33.0 Å². The predicted molar refractivity (Wildman–Crippen MR) is 83.9 cm³/mol. The first kappa shape index (κ1) is 14.2. The van der Waals surface area contributed by atoms with Crippen molar-refractivity contribution < 1.29 is 4.21 Å². The maximum Gasteiger partial charge on any atom is 0.0434 e. The second-order valence-electron chi connectivity index (χ2n) is 5.04. The van der Waals surface area contributed by atoms with Gasteiger partial charge in [0.25, 0.3) is 0 Å². The van der Waals surface area contributed by atoms with Crippen LogP contribution in [0.4, 0.5) is 0 Å². The van der Waals surface area contributed by atoms with Gasteiger partial charge in [-0.25, -0.2) is 0 Å². The van der Waals surface area contributed by atoms with Gasteiger partial charge in [0, 0.05) is 27.8 Å². The number of rotatable bonds is 5. The van der Waals surface area contributed by atoms with E-state index in [2.05, 4.69) is 35.6 Å². The topological polar surface area (TPSA) is 29.1 Å². The molecule has 0 radical (unpaired) electrons. The molecule has 19 heavy (non-hydrogen) atoms. The van der Waals surface area contributed by atoms with E-state index in [-0.39, 0.29) is 11.3 Å². The van der Waals surface area contributed by atoms with Crippen molar-refractivity contribution in [3.05, 3.63) is 48.0 Å². The van der Waals surface area contributed by atoms with Gasteiger partial charge in [-0.15, -0.1) is 0 Å². The Kier molecular flexibility index (Phi) is 4.72. The van der Waals surface area contributed by atoms with Crippen LogP contribution in [0.15, 0.2) is 42.5 Å². The van der Waals surface area contributed by atoms with Crippen molar-refractivity contribution in [2.75, 3.05) is 12.8 Å². The third kappa shape index (κ3) is 3.43. The molecule has 2 aromatic rings. The SMILES string of the molecule is CNC(CS(=O)C(C)C)c1ccc2ccccc2c1. The molecule has 0 aliphatic heterocycles. The second kappa shape index (κ2) is 6.31. The molecule has 0 heterocycles. The zero-order valence-corrected chi connectivity index (χ0v) is 12.5. The van der Waals surface area contributed by atoms with Crippen LogP contribution in [0.5, 0.6) is 0 Å². The van der Waals surface area contributed by atoms with E-state index in [0.717, 1.165) is 0 Å². The molecule has 102 valence electrons. The molecule has 1 N–H and O–H groups in total. The summed E-state index contributed by atoms with van der Waals surface area (Å²) in [6.07, 6.45) is 0. The molecule has 2 rings (SSSR count). The highest BCUT2D eigenvalue weighted by atomic mass is 32.2. The fraction of sp³-hybridized carbons (Fsp3) is 0.375. The van der Waals surface area contributed by atoms with Crippen molar-refractivity contribution in [2.45, 2.75) is 25.1 Å². The van der Waals surface area contributed by atoms with Crippen LogP contribution in [0.1, 0.15) is 25.5 Å². The summed E-state index contributed by atoms with van der Waals surface area (Å²) in [5.41, 5.74) is 1.20. The summed E-state index contributed by atoms with van der Waals surface area (Å²) in [7, 11) is 1.13. The molecule has 0 fully saturated rings. The average molecular weight is 275 g/mol. The van der Waals surface area contributed by atoms with Crippen molar-refractivity contribution in [1.29, 1.82) is 0 Å². The highest BCUT2D eigenvalue weighted by molar-refractivity contribution is 7.85. The summed E-state index contributed by atoms with van der Waals surface area (Å²) >= 11 is 0. The first-order valence-corrected chi connectivity index (χ1v) is 8.03. The minimum absolute atomic E-state index is 0.146. The number of hydrogen-bond donors (Lipinski definition) is 1. The quantitative estimate of drug-likeness (QED) is 0.907. The molecule has 0 amide bonds. The minimum Gasteiger partial charge on any atom is -0.312 e. The van der Waals surface area contributed by atoms with Crippen molar-refractivity contribution in [3.8, 4) is 0 Å². The van der Waals surface area contributed by atoms with Crippen LogP contribution in [0.2, 0.25) is 0 Å². The molecule has 0 spiro atoms. The Hall–Kier alpha value is -1.19. The van der Waals surface area contributed by atoms with Crippen LogP contribution in [0, 0.1) is 0 Å². The molecule has 0 aromatic heterocycles. The largest absolute Gasteiger partial charge is 0.312 e. The lowest BCUT2D eigenvalue weighted by atomic mass is 10.0. The monoisotopic (exact) mass is 275 g/mol. The first-order chi connectivity index (χ1) is 9.11. The molecular formula is C16H21NOS. The number of hydrogen-bond acceptors (Lipinski definition) is 2. The summed E-state index contributed by atoms with van der Waals surface area (Å²) in [5.74, 6) is 0.659. The lowest BCUT2D eigenvalue weighted by molar-refractivity contribution is 0.632. The van der Waals surface area contributed by atoms with Crippen molar-refractivity contribution in [3.63, 3.8) is 0 Å². The van der Waals surface area contributed by atoms with Gasteiger partial charge in [0.15, 0.2) is 0 Å². The summed E-state index contributed by atoms with van der Waals surface area (Å²) in [5, 5.41) is 5.95. The Morgan fingerprint density at radius 1 is 1.11 bits per heavy atom. The standard InChI is InChI=1S/C16H21NOS/c1-12(2)19(18)11-16(17-3)15-9-8-13-6-4-5-7-14(13)10-15/h4-10,12,16-17H,11H2,1-3H3. The zero-order valence-electron chi connectivity index (χ0n) is 11.7. The van der Waals surface area contributed by atoms with E-state index in [1.54, 1.807) is 0 Å². The van der Waals surface area contributed by atoms with Gasteiger partial charge in [0.1, 0.15) is 0 Å². The average Bonchev–Trinajstić information content (AvgIpc) is 2.43. The molecule has 0 aliphatic carbocycles. The fourth-order valence-electron chi connectivity index (χ4n) is 2.13. The van der Waals surface area contributed by atoms with Crippen LogP contribution < -0.4 is 5.32 Å². The lowest BCUT2D eigenvalue weighted by Crippen LogP contribution is -2.25. The number of benzene rings is 2. The van der Waals surface area contributed by atoms with E-state index in [9.17, 15) is 4.21 Å². The van der Waals surface area contributed by atoms with Crippen LogP contribution in [-0.2, 0) is 10.8 Å². The Bertz CT molecular complexity index is 580. The molecule has 0 bridgehead atoms. The molecule has 2 nitrogen and oxygen atoms in total. The predicted octanol–water partition coefficient (Wildman–Crippen LogP) is 3.26. The molecule has 0 aliphatic rings. The van der Waals surface area contributed by atoms with Gasteiger partial charge >= 0.3 is 0 Å². The van der Waals surface area contributed by atoms with Crippen LogP contribution in [-0.4, -0.2) is 22.3 Å². The van der Waals surface area contributed by atoms with E-state index in [0.29, 0.717) is 5.75 Å². The van der Waals surface area contributed by atoms with E-state index >= 15 is 0 Å². The van der Waals surface area contributed by atoms with Gasteiger partial charge < -0.3 is 5.32 Å². The summed E-state index contributed by atoms with van der Waals surface area (Å²) in [6.45, 7) is 4.01. The molecule has 2 unspecified atom stereocenters. The normalized spacial score (nSPS) is 14.7. The summed E-state index contributed by atoms with van der Waals surface area (Å²) in [4.78, 5) is 0. The Morgan fingerprint density at radius 2 is 1.79 bits per heavy atom.